The summed E-state index contributed by atoms with van der Waals surface area (Å²) in [5.41, 5.74) is 5.53. The van der Waals surface area contributed by atoms with Crippen molar-refractivity contribution in [3.8, 4) is 17.0 Å². The monoisotopic (exact) mass is 381 g/mol. The molecule has 0 aliphatic carbocycles. The van der Waals surface area contributed by atoms with Crippen LogP contribution < -0.4 is 10.1 Å². The van der Waals surface area contributed by atoms with Crippen molar-refractivity contribution >= 4 is 5.91 Å². The number of rotatable bonds is 6. The first-order valence-electron chi connectivity index (χ1n) is 9.30. The van der Waals surface area contributed by atoms with Crippen LogP contribution in [0.1, 0.15) is 40.4 Å². The first-order valence-corrected chi connectivity index (χ1v) is 9.30. The zero-order valence-electron chi connectivity index (χ0n) is 17.3. The van der Waals surface area contributed by atoms with Crippen LogP contribution in [0.5, 0.6) is 5.75 Å². The summed E-state index contributed by atoms with van der Waals surface area (Å²) in [6, 6.07) is 9.47. The number of carbonyl (C=O) groups excluding carboxylic acids is 1. The van der Waals surface area contributed by atoms with Crippen molar-refractivity contribution in [1.29, 1.82) is 0 Å². The predicted octanol–water partition coefficient (Wildman–Crippen LogP) is 3.21. The molecule has 0 saturated carbocycles. The topological polar surface area (TPSA) is 74.0 Å². The fourth-order valence-electron chi connectivity index (χ4n) is 3.17. The Kier molecular flexibility index (Phi) is 5.53. The molecule has 28 heavy (non-hydrogen) atoms. The Morgan fingerprint density at radius 2 is 1.86 bits per heavy atom. The first-order chi connectivity index (χ1) is 13.3. The second kappa shape index (κ2) is 7.88. The van der Waals surface area contributed by atoms with Crippen LogP contribution in [0.4, 0.5) is 0 Å². The lowest BCUT2D eigenvalue weighted by Gasteiger charge is -2.15. The van der Waals surface area contributed by atoms with Crippen LogP contribution in [0.3, 0.4) is 0 Å². The molecule has 2 heterocycles. The smallest absolute Gasteiger partial charge is 0.269 e. The maximum atomic E-state index is 12.7. The first kappa shape index (κ1) is 19.7. The van der Waals surface area contributed by atoms with Crippen molar-refractivity contribution in [3.63, 3.8) is 0 Å². The van der Waals surface area contributed by atoms with Crippen LogP contribution in [-0.4, -0.2) is 39.1 Å². The number of amides is 1. The molecule has 1 atom stereocenters. The van der Waals surface area contributed by atoms with Gasteiger partial charge in [-0.05, 0) is 63.6 Å². The fraction of sp³-hybridized carbons (Fsp3) is 0.381. The maximum Gasteiger partial charge on any atom is 0.269 e. The minimum atomic E-state index is -0.153. The summed E-state index contributed by atoms with van der Waals surface area (Å²) in [5, 5.41) is 12.0. The van der Waals surface area contributed by atoms with Gasteiger partial charge in [-0.25, -0.2) is 0 Å². The van der Waals surface area contributed by atoms with Crippen LogP contribution in [-0.2, 0) is 7.05 Å². The zero-order chi connectivity index (χ0) is 20.4. The highest BCUT2D eigenvalue weighted by atomic mass is 16.5. The van der Waals surface area contributed by atoms with Gasteiger partial charge in [-0.3, -0.25) is 14.2 Å². The molecule has 0 fully saturated rings. The summed E-state index contributed by atoms with van der Waals surface area (Å²) in [6.45, 7) is 8.65. The van der Waals surface area contributed by atoms with Crippen LogP contribution in [0, 0.1) is 20.8 Å². The minimum absolute atomic E-state index is 0.0608. The Morgan fingerprint density at radius 3 is 2.43 bits per heavy atom. The Labute approximate surface area is 165 Å². The number of ether oxygens (including phenoxy) is 1. The van der Waals surface area contributed by atoms with Gasteiger partial charge in [-0.1, -0.05) is 0 Å². The van der Waals surface area contributed by atoms with Crippen molar-refractivity contribution in [2.24, 2.45) is 7.05 Å². The molecule has 2 aromatic heterocycles. The van der Waals surface area contributed by atoms with Crippen molar-refractivity contribution in [1.82, 2.24) is 24.9 Å². The number of nitrogens with zero attached hydrogens (tertiary/aromatic N) is 4. The van der Waals surface area contributed by atoms with E-state index in [1.807, 2.05) is 42.8 Å². The Morgan fingerprint density at radius 1 is 1.18 bits per heavy atom. The standard InChI is InChI=1S/C21H27N5O2/c1-13(26-16(4)14(2)15(3)23-26)12-22-21(27)20-11-19(24-25(20)5)17-7-9-18(28-6)10-8-17/h7-11,13H,12H2,1-6H3,(H,22,27)/t13-/m0/s1. The highest BCUT2D eigenvalue weighted by molar-refractivity contribution is 5.93. The lowest BCUT2D eigenvalue weighted by atomic mass is 10.1. The van der Waals surface area contributed by atoms with Crippen LogP contribution in [0.2, 0.25) is 0 Å². The van der Waals surface area contributed by atoms with E-state index in [2.05, 4.69) is 29.4 Å². The molecule has 148 valence electrons. The summed E-state index contributed by atoms with van der Waals surface area (Å²) in [4.78, 5) is 12.7. The van der Waals surface area contributed by atoms with E-state index in [0.29, 0.717) is 12.2 Å². The van der Waals surface area contributed by atoms with E-state index in [1.54, 1.807) is 24.9 Å². The molecule has 0 spiro atoms. The van der Waals surface area contributed by atoms with E-state index in [1.165, 1.54) is 5.56 Å². The number of nitrogens with one attached hydrogen (secondary N) is 1. The molecular weight excluding hydrogens is 354 g/mol. The summed E-state index contributed by atoms with van der Waals surface area (Å²) < 4.78 is 8.76. The van der Waals surface area contributed by atoms with Crippen LogP contribution >= 0.6 is 0 Å². The Bertz CT molecular complexity index is 985. The number of aryl methyl sites for hydroxylation is 2. The molecule has 0 bridgehead atoms. The summed E-state index contributed by atoms with van der Waals surface area (Å²) in [5.74, 6) is 0.630. The largest absolute Gasteiger partial charge is 0.497 e. The van der Waals surface area contributed by atoms with E-state index in [9.17, 15) is 4.79 Å². The molecule has 0 aliphatic rings. The third-order valence-electron chi connectivity index (χ3n) is 5.16. The van der Waals surface area contributed by atoms with Gasteiger partial charge in [0.25, 0.3) is 5.91 Å². The molecule has 0 aliphatic heterocycles. The van der Waals surface area contributed by atoms with Gasteiger partial charge in [0.05, 0.1) is 24.5 Å². The SMILES string of the molecule is COc1ccc(-c2cc(C(=O)NC[C@H](C)n3nc(C)c(C)c3C)n(C)n2)cc1. The molecule has 0 saturated heterocycles. The summed E-state index contributed by atoms with van der Waals surface area (Å²) in [7, 11) is 3.41. The average molecular weight is 381 g/mol. The van der Waals surface area contributed by atoms with Gasteiger partial charge in [-0.2, -0.15) is 10.2 Å². The van der Waals surface area contributed by atoms with Gasteiger partial charge in [0.1, 0.15) is 11.4 Å². The number of hydrogen-bond acceptors (Lipinski definition) is 4. The molecule has 3 aromatic rings. The van der Waals surface area contributed by atoms with Gasteiger partial charge in [0, 0.05) is 24.8 Å². The van der Waals surface area contributed by atoms with E-state index in [-0.39, 0.29) is 11.9 Å². The number of benzene rings is 1. The quantitative estimate of drug-likeness (QED) is 0.712. The molecule has 3 rings (SSSR count). The van der Waals surface area contributed by atoms with Crippen molar-refractivity contribution in [3.05, 3.63) is 53.0 Å². The molecule has 0 radical (unpaired) electrons. The second-order valence-electron chi connectivity index (χ2n) is 7.07. The van der Waals surface area contributed by atoms with Gasteiger partial charge >= 0.3 is 0 Å². The molecule has 7 heteroatoms. The van der Waals surface area contributed by atoms with Crippen LogP contribution in [0.15, 0.2) is 30.3 Å². The van der Waals surface area contributed by atoms with E-state index in [4.69, 9.17) is 4.74 Å². The number of aromatic nitrogens is 4. The number of methoxy groups -OCH3 is 1. The highest BCUT2D eigenvalue weighted by Gasteiger charge is 2.17. The lowest BCUT2D eigenvalue weighted by molar-refractivity contribution is 0.0938. The molecule has 1 aromatic carbocycles. The molecule has 0 unspecified atom stereocenters. The van der Waals surface area contributed by atoms with Crippen LogP contribution in [0.25, 0.3) is 11.3 Å². The number of carbonyl (C=O) groups is 1. The molecular formula is C21H27N5O2. The highest BCUT2D eigenvalue weighted by Crippen LogP contribution is 2.22. The lowest BCUT2D eigenvalue weighted by Crippen LogP contribution is -2.31. The summed E-state index contributed by atoms with van der Waals surface area (Å²) >= 11 is 0. The molecule has 1 N–H and O–H groups in total. The van der Waals surface area contributed by atoms with Gasteiger partial charge in [0.2, 0.25) is 0 Å². The number of hydrogen-bond donors (Lipinski definition) is 1. The third-order valence-corrected chi connectivity index (χ3v) is 5.16. The average Bonchev–Trinajstić information content (AvgIpc) is 3.21. The van der Waals surface area contributed by atoms with Crippen molar-refractivity contribution < 1.29 is 9.53 Å². The molecule has 7 nitrogen and oxygen atoms in total. The zero-order valence-corrected chi connectivity index (χ0v) is 17.3. The van der Waals surface area contributed by atoms with Gasteiger partial charge in [0.15, 0.2) is 0 Å². The Balaban J connectivity index is 1.70. The fourth-order valence-corrected chi connectivity index (χ4v) is 3.17. The third kappa shape index (κ3) is 3.78. The van der Waals surface area contributed by atoms with E-state index in [0.717, 1.165) is 28.4 Å². The van der Waals surface area contributed by atoms with Crippen molar-refractivity contribution in [2.45, 2.75) is 33.7 Å². The van der Waals surface area contributed by atoms with Gasteiger partial charge in [-0.15, -0.1) is 0 Å². The van der Waals surface area contributed by atoms with Gasteiger partial charge < -0.3 is 10.1 Å². The normalized spacial score (nSPS) is 12.1. The van der Waals surface area contributed by atoms with E-state index < -0.39 is 0 Å². The minimum Gasteiger partial charge on any atom is -0.497 e. The maximum absolute atomic E-state index is 12.7. The van der Waals surface area contributed by atoms with Crippen molar-refractivity contribution in [2.75, 3.05) is 13.7 Å². The molecule has 1 amide bonds. The Hall–Kier alpha value is -3.09. The van der Waals surface area contributed by atoms with E-state index >= 15 is 0 Å². The second-order valence-corrected chi connectivity index (χ2v) is 7.07. The predicted molar refractivity (Wildman–Crippen MR) is 109 cm³/mol. The summed E-state index contributed by atoms with van der Waals surface area (Å²) in [6.07, 6.45) is 0.